The zero-order valence-corrected chi connectivity index (χ0v) is 50.2. The Balaban J connectivity index is 0.631. The molecule has 3 saturated heterocycles. The number of piperidine rings is 1. The molecule has 2 aromatic heterocycles. The highest BCUT2D eigenvalue weighted by atomic mass is 32.1. The number of aryl methyl sites for hydroxylation is 1. The number of β-amino-alcohol motifs (C(OH)–C–C–N with tert-alkyl or cyclic N) is 1. The van der Waals surface area contributed by atoms with E-state index < -0.39 is 23.6 Å². The van der Waals surface area contributed by atoms with Gasteiger partial charge < -0.3 is 50.8 Å². The molecule has 3 unspecified atom stereocenters. The van der Waals surface area contributed by atoms with Crippen LogP contribution in [-0.2, 0) is 19.2 Å². The van der Waals surface area contributed by atoms with Gasteiger partial charge in [0.25, 0.3) is 0 Å². The van der Waals surface area contributed by atoms with Gasteiger partial charge in [0.1, 0.15) is 42.0 Å². The fraction of sp³-hybridized carbons (Fsp3) is 0.547. The van der Waals surface area contributed by atoms with Crippen molar-refractivity contribution < 1.29 is 38.9 Å². The van der Waals surface area contributed by atoms with Crippen molar-refractivity contribution in [2.75, 3.05) is 69.6 Å². The number of phenolic OH excluding ortho intramolecular Hbond substituents is 1. The number of nitrogens with one attached hydrogen (secondary N) is 2. The number of rotatable bonds is 27. The maximum Gasteiger partial charge on any atom is 0.246 e. The van der Waals surface area contributed by atoms with Crippen LogP contribution in [-0.4, -0.2) is 147 Å². The first kappa shape index (κ1) is 62.2. The lowest BCUT2D eigenvalue weighted by molar-refractivity contribution is -0.144. The third-order valence-electron chi connectivity index (χ3n) is 16.3. The average Bonchev–Trinajstić information content (AvgIpc) is 4.33. The van der Waals surface area contributed by atoms with Crippen molar-refractivity contribution in [3.8, 4) is 38.9 Å². The highest BCUT2D eigenvalue weighted by Gasteiger charge is 2.45. The first-order valence-electron chi connectivity index (χ1n) is 30.2. The number of unbranched alkanes of at least 4 members (excludes halogenated alkanes) is 9. The highest BCUT2D eigenvalue weighted by molar-refractivity contribution is 7.13. The van der Waals surface area contributed by atoms with Crippen LogP contribution in [0.4, 0.5) is 11.5 Å². The standard InChI is InChI=1S/C64H88N10O8S/c1-44(46-24-26-47(27-25-46)59-45(2)66-43-83-59)67-62(79)54-39-49(75)41-74(54)63(80)60(64(3,4)5)68-57(77)22-14-12-10-8-6-7-9-11-13-15-23-58(78)72-35-33-71(34-36-72)37-38-81-50-30-28-48(29-31-50)73-32-18-19-51(42-73)82-56-40-53(69-70-61(56)65)52-20-16-17-21-55(52)76/h16-17,20-21,24-31,40,43-44,49,51,54,60,75-76H,6-15,18-19,22-23,32-39,41-42H2,1-5H3,(H2,65,70)(H,67,79)(H,68,77)/t44?,49-,51?,54+,60?/m1/s1. The van der Waals surface area contributed by atoms with Crippen molar-refractivity contribution in [3.05, 3.63) is 95.6 Å². The minimum atomic E-state index is -0.848. The number of aromatic nitrogens is 3. The summed E-state index contributed by atoms with van der Waals surface area (Å²) >= 11 is 1.59. The second-order valence-electron chi connectivity index (χ2n) is 23.8. The zero-order valence-electron chi connectivity index (χ0n) is 49.4. The number of para-hydroxylation sites is 1. The van der Waals surface area contributed by atoms with E-state index in [1.165, 1.54) is 4.90 Å². The van der Waals surface area contributed by atoms with Crippen molar-refractivity contribution >= 4 is 46.5 Å². The summed E-state index contributed by atoms with van der Waals surface area (Å²) in [5, 5.41) is 35.3. The van der Waals surface area contributed by atoms with E-state index in [4.69, 9.17) is 15.2 Å². The molecule has 5 atom stereocenters. The molecule has 0 spiro atoms. The summed E-state index contributed by atoms with van der Waals surface area (Å²) < 4.78 is 12.5. The molecular formula is C64H88N10O8S. The van der Waals surface area contributed by atoms with Crippen LogP contribution in [0.25, 0.3) is 21.7 Å². The van der Waals surface area contributed by atoms with Gasteiger partial charge in [-0.3, -0.25) is 24.1 Å². The zero-order chi connectivity index (χ0) is 58.9. The molecule has 6 N–H and O–H groups in total. The summed E-state index contributed by atoms with van der Waals surface area (Å²) in [5.41, 5.74) is 12.5. The number of carbonyl (C=O) groups is 4. The minimum Gasteiger partial charge on any atom is -0.507 e. The van der Waals surface area contributed by atoms with Crippen LogP contribution in [0.15, 0.2) is 84.4 Å². The third-order valence-corrected chi connectivity index (χ3v) is 17.3. The van der Waals surface area contributed by atoms with Crippen molar-refractivity contribution in [2.24, 2.45) is 5.41 Å². The quantitative estimate of drug-likeness (QED) is 0.0309. The van der Waals surface area contributed by atoms with Gasteiger partial charge in [-0.15, -0.1) is 21.5 Å². The van der Waals surface area contributed by atoms with Gasteiger partial charge in [-0.2, -0.15) is 0 Å². The summed E-state index contributed by atoms with van der Waals surface area (Å²) in [4.78, 5) is 67.7. The fourth-order valence-electron chi connectivity index (χ4n) is 11.4. The van der Waals surface area contributed by atoms with Gasteiger partial charge in [-0.1, -0.05) is 109 Å². The number of nitrogens with zero attached hydrogens (tertiary/aromatic N) is 7. The van der Waals surface area contributed by atoms with Crippen LogP contribution < -0.4 is 30.7 Å². The summed E-state index contributed by atoms with van der Waals surface area (Å²) in [6, 6.07) is 22.9. The lowest BCUT2D eigenvalue weighted by Gasteiger charge is -2.35. The van der Waals surface area contributed by atoms with E-state index in [1.54, 1.807) is 35.6 Å². The van der Waals surface area contributed by atoms with E-state index in [9.17, 15) is 29.4 Å². The van der Waals surface area contributed by atoms with Gasteiger partial charge >= 0.3 is 0 Å². The molecule has 0 saturated carbocycles. The lowest BCUT2D eigenvalue weighted by atomic mass is 9.85. The maximum absolute atomic E-state index is 14.1. The summed E-state index contributed by atoms with van der Waals surface area (Å²) in [5.74, 6) is 1.01. The molecule has 0 bridgehead atoms. The number of anilines is 2. The molecule has 3 aromatic carbocycles. The van der Waals surface area contributed by atoms with Crippen LogP contribution in [0.2, 0.25) is 0 Å². The summed E-state index contributed by atoms with van der Waals surface area (Å²) in [6.07, 6.45) is 12.4. The smallest absolute Gasteiger partial charge is 0.246 e. The molecular weight excluding hydrogens is 1070 g/mol. The lowest BCUT2D eigenvalue weighted by Crippen LogP contribution is -2.57. The number of aliphatic hydroxyl groups is 1. The number of hydrogen-bond donors (Lipinski definition) is 5. The molecule has 0 radical (unpaired) electrons. The Bertz CT molecular complexity index is 2890. The number of ether oxygens (including phenoxy) is 2. The van der Waals surface area contributed by atoms with E-state index in [0.717, 1.165) is 149 Å². The second kappa shape index (κ2) is 30.1. The second-order valence-corrected chi connectivity index (χ2v) is 24.7. The van der Waals surface area contributed by atoms with Crippen molar-refractivity contribution in [3.63, 3.8) is 0 Å². The summed E-state index contributed by atoms with van der Waals surface area (Å²) in [6.45, 7) is 15.8. The first-order chi connectivity index (χ1) is 40.0. The minimum absolute atomic E-state index is 0.0328. The van der Waals surface area contributed by atoms with Crippen LogP contribution in [0, 0.1) is 12.3 Å². The van der Waals surface area contributed by atoms with E-state index in [0.29, 0.717) is 43.0 Å². The van der Waals surface area contributed by atoms with E-state index in [2.05, 4.69) is 47.7 Å². The number of benzene rings is 3. The molecule has 5 heterocycles. The molecule has 8 rings (SSSR count). The van der Waals surface area contributed by atoms with Crippen LogP contribution in [0.3, 0.4) is 0 Å². The molecule has 83 heavy (non-hydrogen) atoms. The molecule has 3 fully saturated rings. The Morgan fingerprint density at radius 3 is 2.16 bits per heavy atom. The number of nitrogen functional groups attached to an aromatic ring is 1. The van der Waals surface area contributed by atoms with Crippen molar-refractivity contribution in [1.29, 1.82) is 0 Å². The van der Waals surface area contributed by atoms with Gasteiger partial charge in [0.15, 0.2) is 11.6 Å². The SMILES string of the molecule is Cc1ncsc1-c1ccc(C(C)NC(=O)[C@@H]2C[C@@H](O)CN2C(=O)C(NC(=O)CCCCCCCCCCCCC(=O)N2CCN(CCOc3ccc(N4CCCC(Oc5cc(-c6ccccc6O)nnc5N)C4)cc3)CC2)C(C)(C)C)cc1. The Morgan fingerprint density at radius 2 is 1.49 bits per heavy atom. The molecule has 5 aromatic rings. The predicted molar refractivity (Wildman–Crippen MR) is 326 cm³/mol. The van der Waals surface area contributed by atoms with Gasteiger partial charge in [-0.25, -0.2) is 4.98 Å². The molecule has 18 nitrogen and oxygen atoms in total. The number of phenols is 1. The van der Waals surface area contributed by atoms with E-state index >= 15 is 0 Å². The van der Waals surface area contributed by atoms with Gasteiger partial charge in [0.2, 0.25) is 23.6 Å². The number of aliphatic hydroxyl groups excluding tert-OH is 1. The van der Waals surface area contributed by atoms with Crippen LogP contribution >= 0.6 is 11.3 Å². The van der Waals surface area contributed by atoms with E-state index in [-0.39, 0.29) is 60.3 Å². The maximum atomic E-state index is 14.1. The highest BCUT2D eigenvalue weighted by Crippen LogP contribution is 2.34. The molecule has 3 aliphatic heterocycles. The monoisotopic (exact) mass is 1160 g/mol. The fourth-order valence-corrected chi connectivity index (χ4v) is 12.2. The average molecular weight is 1160 g/mol. The number of aromatic hydroxyl groups is 1. The van der Waals surface area contributed by atoms with Gasteiger partial charge in [0, 0.05) is 82.4 Å². The van der Waals surface area contributed by atoms with Crippen molar-refractivity contribution in [1.82, 2.24) is 40.5 Å². The Hall–Kier alpha value is -6.83. The normalized spacial score (nSPS) is 18.4. The largest absolute Gasteiger partial charge is 0.507 e. The molecule has 19 heteroatoms. The topological polar surface area (TPSA) is 229 Å². The number of thiazole rings is 1. The number of hydrogen-bond acceptors (Lipinski definition) is 15. The molecule has 0 aliphatic carbocycles. The molecule has 448 valence electrons. The van der Waals surface area contributed by atoms with Gasteiger partial charge in [0.05, 0.1) is 34.8 Å². The molecule has 4 amide bonds. The van der Waals surface area contributed by atoms with Crippen LogP contribution in [0.5, 0.6) is 17.2 Å². The third kappa shape index (κ3) is 17.8. The Kier molecular flexibility index (Phi) is 22.6. The van der Waals surface area contributed by atoms with Crippen LogP contribution in [0.1, 0.15) is 141 Å². The van der Waals surface area contributed by atoms with Gasteiger partial charge in [-0.05, 0) is 92.5 Å². The van der Waals surface area contributed by atoms with E-state index in [1.807, 2.05) is 87.5 Å². The summed E-state index contributed by atoms with van der Waals surface area (Å²) in [7, 11) is 0. The predicted octanol–water partition coefficient (Wildman–Crippen LogP) is 9.49. The number of piperazine rings is 1. The Morgan fingerprint density at radius 1 is 0.819 bits per heavy atom. The Labute approximate surface area is 494 Å². The number of nitrogens with two attached hydrogens (primary N) is 1. The molecule has 3 aliphatic rings. The first-order valence-corrected chi connectivity index (χ1v) is 31.0. The number of amides is 4. The van der Waals surface area contributed by atoms with Crippen molar-refractivity contribution in [2.45, 2.75) is 161 Å². The number of carbonyl (C=O) groups excluding carboxylic acids is 4. The number of likely N-dealkylation sites (tertiary alicyclic amines) is 1.